The largest absolute Gasteiger partial charge is 0.206 e. The van der Waals surface area contributed by atoms with Crippen LogP contribution >= 0.6 is 0 Å². The molecule has 1 aromatic rings. The highest BCUT2D eigenvalue weighted by Gasteiger charge is 1.99. The highest BCUT2D eigenvalue weighted by Crippen LogP contribution is 2.11. The van der Waals surface area contributed by atoms with E-state index in [0.717, 1.165) is 18.4 Å². The van der Waals surface area contributed by atoms with Gasteiger partial charge in [-0.15, -0.1) is 0 Å². The molecule has 0 saturated carbocycles. The Balaban J connectivity index is 3.06. The zero-order valence-corrected chi connectivity index (χ0v) is 6.95. The molecule has 0 aliphatic rings. The first-order valence-corrected chi connectivity index (χ1v) is 3.97. The molecule has 59 valence electrons. The van der Waals surface area contributed by atoms with Crippen LogP contribution in [-0.2, 0) is 12.8 Å². The van der Waals surface area contributed by atoms with E-state index in [2.05, 4.69) is 13.0 Å². The van der Waals surface area contributed by atoms with E-state index in [4.69, 9.17) is 0 Å². The van der Waals surface area contributed by atoms with E-state index in [-0.39, 0.29) is 5.82 Å². The molecule has 0 bridgehead atoms. The molecule has 0 spiro atoms. The first-order chi connectivity index (χ1) is 5.27. The average Bonchev–Trinajstić information content (AvgIpc) is 2.04. The summed E-state index contributed by atoms with van der Waals surface area (Å²) < 4.78 is 12.6. The number of hydrogen-bond donors (Lipinski definition) is 0. The molecule has 1 radical (unpaired) electrons. The molecule has 0 heterocycles. The van der Waals surface area contributed by atoms with Crippen LogP contribution in [0.5, 0.6) is 0 Å². The van der Waals surface area contributed by atoms with E-state index < -0.39 is 0 Å². The summed E-state index contributed by atoms with van der Waals surface area (Å²) >= 11 is 0. The van der Waals surface area contributed by atoms with Gasteiger partial charge in [0.1, 0.15) is 5.82 Å². The van der Waals surface area contributed by atoms with Crippen molar-refractivity contribution in [1.82, 2.24) is 0 Å². The lowest BCUT2D eigenvalue weighted by molar-refractivity contribution is 0.622. The lowest BCUT2D eigenvalue weighted by atomic mass is 10.0. The monoisotopic (exact) mass is 151 g/mol. The summed E-state index contributed by atoms with van der Waals surface area (Å²) in [5.41, 5.74) is 2.30. The quantitative estimate of drug-likeness (QED) is 0.609. The van der Waals surface area contributed by atoms with E-state index in [9.17, 15) is 4.39 Å². The van der Waals surface area contributed by atoms with Crippen LogP contribution in [0.2, 0.25) is 0 Å². The maximum Gasteiger partial charge on any atom is 0.131 e. The zero-order valence-electron chi connectivity index (χ0n) is 6.95. The molecule has 0 atom stereocenters. The summed E-state index contributed by atoms with van der Waals surface area (Å²) in [6.07, 6.45) is 1.86. The SMILES string of the molecule is CCc1c[c]c(F)cc1CC. The van der Waals surface area contributed by atoms with E-state index >= 15 is 0 Å². The maximum atomic E-state index is 12.6. The molecule has 0 aliphatic carbocycles. The van der Waals surface area contributed by atoms with Crippen molar-refractivity contribution in [2.24, 2.45) is 0 Å². The van der Waals surface area contributed by atoms with Crippen LogP contribution in [0.3, 0.4) is 0 Å². The second kappa shape index (κ2) is 3.51. The highest BCUT2D eigenvalue weighted by molar-refractivity contribution is 5.26. The standard InChI is InChI=1S/C10H12F/c1-3-8-5-6-10(11)7-9(8)4-2/h5,7H,3-4H2,1-2H3. The topological polar surface area (TPSA) is 0 Å². The number of rotatable bonds is 2. The molecule has 11 heavy (non-hydrogen) atoms. The number of benzene rings is 1. The highest BCUT2D eigenvalue weighted by atomic mass is 19.1. The van der Waals surface area contributed by atoms with Crippen LogP contribution < -0.4 is 0 Å². The van der Waals surface area contributed by atoms with Gasteiger partial charge in [0.25, 0.3) is 0 Å². The van der Waals surface area contributed by atoms with Gasteiger partial charge in [-0.1, -0.05) is 13.8 Å². The van der Waals surface area contributed by atoms with Gasteiger partial charge in [-0.25, -0.2) is 4.39 Å². The zero-order chi connectivity index (χ0) is 8.27. The van der Waals surface area contributed by atoms with Gasteiger partial charge >= 0.3 is 0 Å². The third-order valence-corrected chi connectivity index (χ3v) is 1.86. The van der Waals surface area contributed by atoms with Gasteiger partial charge in [0.15, 0.2) is 0 Å². The second-order valence-corrected chi connectivity index (χ2v) is 2.54. The van der Waals surface area contributed by atoms with Crippen molar-refractivity contribution in [3.8, 4) is 0 Å². The van der Waals surface area contributed by atoms with Gasteiger partial charge < -0.3 is 0 Å². The molecular formula is C10H12F. The molecule has 0 N–H and O–H groups in total. The minimum atomic E-state index is -0.251. The van der Waals surface area contributed by atoms with Gasteiger partial charge in [-0.2, -0.15) is 0 Å². The predicted octanol–water partition coefficient (Wildman–Crippen LogP) is 2.75. The van der Waals surface area contributed by atoms with Crippen molar-refractivity contribution in [3.63, 3.8) is 0 Å². The van der Waals surface area contributed by atoms with Crippen LogP contribution in [-0.4, -0.2) is 0 Å². The molecule has 0 amide bonds. The van der Waals surface area contributed by atoms with Crippen molar-refractivity contribution in [2.75, 3.05) is 0 Å². The van der Waals surface area contributed by atoms with Crippen molar-refractivity contribution in [1.29, 1.82) is 0 Å². The molecule has 0 saturated heterocycles. The van der Waals surface area contributed by atoms with Crippen molar-refractivity contribution < 1.29 is 4.39 Å². The summed E-state index contributed by atoms with van der Waals surface area (Å²) in [5, 5.41) is 0. The minimum Gasteiger partial charge on any atom is -0.206 e. The molecule has 0 nitrogen and oxygen atoms in total. The Bertz CT molecular complexity index is 241. The van der Waals surface area contributed by atoms with Crippen molar-refractivity contribution >= 4 is 0 Å². The third kappa shape index (κ3) is 1.79. The lowest BCUT2D eigenvalue weighted by Crippen LogP contribution is -1.91. The molecule has 1 heteroatoms. The average molecular weight is 151 g/mol. The Labute approximate surface area is 67.1 Å². The van der Waals surface area contributed by atoms with Gasteiger partial charge in [0.05, 0.1) is 0 Å². The molecular weight excluding hydrogens is 139 g/mol. The van der Waals surface area contributed by atoms with E-state index in [0.29, 0.717) is 0 Å². The molecule has 1 rings (SSSR count). The smallest absolute Gasteiger partial charge is 0.131 e. The Morgan fingerprint density at radius 1 is 1.27 bits per heavy atom. The summed E-state index contributed by atoms with van der Waals surface area (Å²) in [7, 11) is 0. The van der Waals surface area contributed by atoms with Crippen LogP contribution in [0.15, 0.2) is 12.1 Å². The molecule has 0 aromatic heterocycles. The van der Waals surface area contributed by atoms with E-state index in [1.54, 1.807) is 12.1 Å². The van der Waals surface area contributed by atoms with Gasteiger partial charge in [0.2, 0.25) is 0 Å². The first kappa shape index (κ1) is 8.25. The van der Waals surface area contributed by atoms with Crippen LogP contribution in [0.1, 0.15) is 25.0 Å². The molecule has 0 fully saturated rings. The van der Waals surface area contributed by atoms with Gasteiger partial charge in [-0.3, -0.25) is 0 Å². The Hall–Kier alpha value is -0.850. The normalized spacial score (nSPS) is 10.1. The van der Waals surface area contributed by atoms with Gasteiger partial charge in [-0.05, 0) is 36.1 Å². The summed E-state index contributed by atoms with van der Waals surface area (Å²) in [6, 6.07) is 5.87. The fraction of sp³-hybridized carbons (Fsp3) is 0.400. The summed E-state index contributed by atoms with van der Waals surface area (Å²) in [4.78, 5) is 0. The fourth-order valence-electron chi connectivity index (χ4n) is 1.19. The van der Waals surface area contributed by atoms with Crippen molar-refractivity contribution in [2.45, 2.75) is 26.7 Å². The van der Waals surface area contributed by atoms with E-state index in [1.807, 2.05) is 6.92 Å². The van der Waals surface area contributed by atoms with E-state index in [1.165, 1.54) is 5.56 Å². The minimum absolute atomic E-state index is 0.251. The number of aryl methyl sites for hydroxylation is 2. The molecule has 0 unspecified atom stereocenters. The van der Waals surface area contributed by atoms with Crippen LogP contribution in [0.4, 0.5) is 4.39 Å². The maximum absolute atomic E-state index is 12.6. The van der Waals surface area contributed by atoms with Crippen LogP contribution in [0.25, 0.3) is 0 Å². The van der Waals surface area contributed by atoms with Gasteiger partial charge in [0, 0.05) is 6.07 Å². The Morgan fingerprint density at radius 2 is 1.91 bits per heavy atom. The number of halogens is 1. The summed E-state index contributed by atoms with van der Waals surface area (Å²) in [6.45, 7) is 4.11. The Kier molecular flexibility index (Phi) is 2.64. The molecule has 1 aromatic carbocycles. The Morgan fingerprint density at radius 3 is 2.45 bits per heavy atom. The molecule has 0 aliphatic heterocycles. The second-order valence-electron chi connectivity index (χ2n) is 2.54. The third-order valence-electron chi connectivity index (χ3n) is 1.86. The first-order valence-electron chi connectivity index (χ1n) is 3.97. The summed E-state index contributed by atoms with van der Waals surface area (Å²) in [5.74, 6) is -0.251. The number of hydrogen-bond acceptors (Lipinski definition) is 0. The lowest BCUT2D eigenvalue weighted by Gasteiger charge is -2.03. The fourth-order valence-corrected chi connectivity index (χ4v) is 1.19. The predicted molar refractivity (Wildman–Crippen MR) is 44.0 cm³/mol. The van der Waals surface area contributed by atoms with Crippen molar-refractivity contribution in [3.05, 3.63) is 35.1 Å². The van der Waals surface area contributed by atoms with Crippen LogP contribution in [0, 0.1) is 11.9 Å².